The van der Waals surface area contributed by atoms with Gasteiger partial charge < -0.3 is 14.4 Å². The first kappa shape index (κ1) is 28.9. The lowest BCUT2D eigenvalue weighted by molar-refractivity contribution is 0.360. The number of benzene rings is 8. The maximum atomic E-state index is 7.01. The predicted octanol–water partition coefficient (Wildman–Crippen LogP) is 13.1. The molecule has 0 fully saturated rings. The quantitative estimate of drug-likeness (QED) is 0.187. The Morgan fingerprint density at radius 2 is 0.885 bits per heavy atom. The summed E-state index contributed by atoms with van der Waals surface area (Å²) in [7, 11) is 0. The van der Waals surface area contributed by atoms with Crippen LogP contribution in [0.3, 0.4) is 0 Å². The smallest absolute Gasteiger partial charge is 0.194 e. The van der Waals surface area contributed by atoms with Crippen LogP contribution in [0.2, 0.25) is 0 Å². The molecule has 0 aromatic heterocycles. The van der Waals surface area contributed by atoms with Crippen molar-refractivity contribution in [2.75, 3.05) is 4.90 Å². The van der Waals surface area contributed by atoms with Gasteiger partial charge in [0.1, 0.15) is 0 Å². The Balaban J connectivity index is 1.08. The van der Waals surface area contributed by atoms with Crippen molar-refractivity contribution in [2.45, 2.75) is 5.41 Å². The number of para-hydroxylation sites is 2. The van der Waals surface area contributed by atoms with Crippen molar-refractivity contribution in [3.8, 4) is 56.4 Å². The molecule has 1 heterocycles. The summed E-state index contributed by atoms with van der Waals surface area (Å²) in [5.74, 6) is 2.79. The van der Waals surface area contributed by atoms with E-state index in [0.717, 1.165) is 28.4 Å². The van der Waals surface area contributed by atoms with Gasteiger partial charge in [-0.2, -0.15) is 0 Å². The Bertz CT molecular complexity index is 2650. The largest absolute Gasteiger partial charge is 0.449 e. The minimum absolute atomic E-state index is 0.451. The monoisotopic (exact) mass is 665 g/mol. The van der Waals surface area contributed by atoms with E-state index in [9.17, 15) is 0 Å². The van der Waals surface area contributed by atoms with Gasteiger partial charge in [0.05, 0.1) is 11.1 Å². The van der Waals surface area contributed by atoms with Gasteiger partial charge >= 0.3 is 0 Å². The zero-order chi connectivity index (χ0) is 34.2. The number of ether oxygens (including phenoxy) is 2. The number of nitrogens with zero attached hydrogens (tertiary/aromatic N) is 1. The van der Waals surface area contributed by atoms with Crippen LogP contribution >= 0.6 is 0 Å². The lowest BCUT2D eigenvalue weighted by atomic mass is 9.70. The van der Waals surface area contributed by atoms with Crippen LogP contribution in [0.25, 0.3) is 33.4 Å². The van der Waals surface area contributed by atoms with Crippen LogP contribution < -0.4 is 14.4 Å². The molecular weight excluding hydrogens is 635 g/mol. The molecule has 8 aromatic carbocycles. The molecule has 0 radical (unpaired) electrons. The van der Waals surface area contributed by atoms with Crippen molar-refractivity contribution >= 4 is 17.1 Å². The Hall–Kier alpha value is -6.84. The van der Waals surface area contributed by atoms with E-state index in [0.29, 0.717) is 17.2 Å². The maximum absolute atomic E-state index is 7.01. The van der Waals surface area contributed by atoms with E-state index in [1.54, 1.807) is 0 Å². The first-order valence-corrected chi connectivity index (χ1v) is 17.8. The van der Waals surface area contributed by atoms with Crippen LogP contribution in [-0.4, -0.2) is 0 Å². The van der Waals surface area contributed by atoms with Crippen molar-refractivity contribution in [2.24, 2.45) is 0 Å². The normalized spacial score (nSPS) is 13.5. The van der Waals surface area contributed by atoms with Gasteiger partial charge in [0.15, 0.2) is 23.0 Å². The molecule has 1 aliphatic heterocycles. The summed E-state index contributed by atoms with van der Waals surface area (Å²) < 4.78 is 13.9. The Morgan fingerprint density at radius 3 is 1.58 bits per heavy atom. The first-order valence-electron chi connectivity index (χ1n) is 17.8. The van der Waals surface area contributed by atoms with Crippen LogP contribution in [0.1, 0.15) is 22.3 Å². The van der Waals surface area contributed by atoms with Gasteiger partial charge in [-0.25, -0.2) is 0 Å². The summed E-state index contributed by atoms with van der Waals surface area (Å²) in [5, 5.41) is 0. The molecule has 244 valence electrons. The lowest BCUT2D eigenvalue weighted by Gasteiger charge is -2.32. The highest BCUT2D eigenvalue weighted by Crippen LogP contribution is 2.65. The fourth-order valence-corrected chi connectivity index (χ4v) is 8.81. The van der Waals surface area contributed by atoms with E-state index in [2.05, 4.69) is 175 Å². The third-order valence-corrected chi connectivity index (χ3v) is 10.9. The van der Waals surface area contributed by atoms with E-state index in [1.165, 1.54) is 50.1 Å². The number of hydrogen-bond acceptors (Lipinski definition) is 3. The summed E-state index contributed by atoms with van der Waals surface area (Å²) in [6.45, 7) is 0. The Labute approximate surface area is 302 Å². The fourth-order valence-electron chi connectivity index (χ4n) is 8.81. The summed E-state index contributed by atoms with van der Waals surface area (Å²) in [6, 6.07) is 66.8. The Morgan fingerprint density at radius 1 is 0.346 bits per heavy atom. The topological polar surface area (TPSA) is 21.7 Å². The van der Waals surface area contributed by atoms with E-state index in [4.69, 9.17) is 9.47 Å². The van der Waals surface area contributed by atoms with Crippen molar-refractivity contribution in [1.82, 2.24) is 0 Å². The summed E-state index contributed by atoms with van der Waals surface area (Å²) in [4.78, 5) is 2.25. The van der Waals surface area contributed by atoms with Crippen molar-refractivity contribution in [3.63, 3.8) is 0 Å². The summed E-state index contributed by atoms with van der Waals surface area (Å²) in [6.07, 6.45) is 0. The molecular formula is C49H31NO2. The SMILES string of the molecule is c1ccc(-c2cccc(N(c3ccccc3)c3cccc4c3Oc3cc5c(cc3O4)C3(c4ccccc4-c4ccccc43)c3ccccc3-5)c2)cc1. The van der Waals surface area contributed by atoms with Gasteiger partial charge in [0.2, 0.25) is 0 Å². The molecule has 1 spiro atoms. The van der Waals surface area contributed by atoms with Crippen molar-refractivity contribution in [3.05, 3.63) is 210 Å². The second-order valence-electron chi connectivity index (χ2n) is 13.6. The van der Waals surface area contributed by atoms with Gasteiger partial charge in [0, 0.05) is 11.4 Å². The highest BCUT2D eigenvalue weighted by Gasteiger charge is 2.52. The molecule has 8 aromatic rings. The first-order chi connectivity index (χ1) is 25.8. The van der Waals surface area contributed by atoms with Gasteiger partial charge in [0.25, 0.3) is 0 Å². The third kappa shape index (κ3) is 4.02. The highest BCUT2D eigenvalue weighted by atomic mass is 16.6. The lowest BCUT2D eigenvalue weighted by Crippen LogP contribution is -2.25. The summed E-state index contributed by atoms with van der Waals surface area (Å²) >= 11 is 0. The molecule has 2 aliphatic carbocycles. The zero-order valence-electron chi connectivity index (χ0n) is 28.2. The molecule has 0 saturated heterocycles. The zero-order valence-corrected chi connectivity index (χ0v) is 28.2. The van der Waals surface area contributed by atoms with Crippen LogP contribution in [0.5, 0.6) is 23.0 Å². The van der Waals surface area contributed by atoms with Gasteiger partial charge in [-0.05, 0) is 104 Å². The van der Waals surface area contributed by atoms with Gasteiger partial charge in [-0.1, -0.05) is 140 Å². The summed E-state index contributed by atoms with van der Waals surface area (Å²) in [5.41, 5.74) is 14.9. The van der Waals surface area contributed by atoms with E-state index < -0.39 is 5.41 Å². The molecule has 3 aliphatic rings. The van der Waals surface area contributed by atoms with Crippen LogP contribution in [-0.2, 0) is 5.41 Å². The molecule has 52 heavy (non-hydrogen) atoms. The average Bonchev–Trinajstić information content (AvgIpc) is 3.67. The minimum atomic E-state index is -0.451. The predicted molar refractivity (Wildman–Crippen MR) is 209 cm³/mol. The molecule has 0 atom stereocenters. The van der Waals surface area contributed by atoms with Crippen LogP contribution in [0.15, 0.2) is 188 Å². The number of hydrogen-bond donors (Lipinski definition) is 0. The van der Waals surface area contributed by atoms with Gasteiger partial charge in [-0.15, -0.1) is 0 Å². The van der Waals surface area contributed by atoms with E-state index >= 15 is 0 Å². The number of rotatable bonds is 4. The third-order valence-electron chi connectivity index (χ3n) is 10.9. The fraction of sp³-hybridized carbons (Fsp3) is 0.0204. The molecule has 0 saturated carbocycles. The molecule has 3 heteroatoms. The highest BCUT2D eigenvalue weighted by molar-refractivity contribution is 5.96. The molecule has 0 amide bonds. The molecule has 11 rings (SSSR count). The number of fused-ring (bicyclic) bond motifs is 12. The maximum Gasteiger partial charge on any atom is 0.194 e. The second-order valence-corrected chi connectivity index (χ2v) is 13.6. The van der Waals surface area contributed by atoms with Crippen LogP contribution in [0, 0.1) is 0 Å². The molecule has 0 N–H and O–H groups in total. The van der Waals surface area contributed by atoms with E-state index in [-0.39, 0.29) is 0 Å². The van der Waals surface area contributed by atoms with Crippen molar-refractivity contribution < 1.29 is 9.47 Å². The standard InChI is InChI=1S/C49H31NO2/c1-3-15-32(16-4-1)33-17-13-20-35(29-33)50(34-18-5-2-6-19-34)44-27-14-28-45-48(44)52-46-30-39-38-23-9-12-26-42(38)49(43(39)31-47(46)51-45)40-24-10-7-21-36(40)37-22-8-11-25-41(37)49/h1-31H. The second kappa shape index (κ2) is 11.1. The van der Waals surface area contributed by atoms with E-state index in [1.807, 2.05) is 18.2 Å². The molecule has 3 nitrogen and oxygen atoms in total. The molecule has 0 unspecified atom stereocenters. The molecule has 0 bridgehead atoms. The van der Waals surface area contributed by atoms with Gasteiger partial charge in [-0.3, -0.25) is 0 Å². The van der Waals surface area contributed by atoms with Crippen LogP contribution in [0.4, 0.5) is 17.1 Å². The minimum Gasteiger partial charge on any atom is -0.449 e. The van der Waals surface area contributed by atoms with Crippen molar-refractivity contribution in [1.29, 1.82) is 0 Å². The average molecular weight is 666 g/mol. The number of anilines is 3. The Kier molecular flexibility index (Phi) is 6.17.